The van der Waals surface area contributed by atoms with E-state index >= 15 is 0 Å². The van der Waals surface area contributed by atoms with Gasteiger partial charge in [0.2, 0.25) is 5.91 Å². The van der Waals surface area contributed by atoms with Gasteiger partial charge in [-0.3, -0.25) is 4.79 Å². The van der Waals surface area contributed by atoms with Gasteiger partial charge in [-0.15, -0.1) is 11.3 Å². The van der Waals surface area contributed by atoms with E-state index in [1.807, 2.05) is 23.2 Å². The Morgan fingerprint density at radius 1 is 1.50 bits per heavy atom. The van der Waals surface area contributed by atoms with Gasteiger partial charge < -0.3 is 9.88 Å². The van der Waals surface area contributed by atoms with Crippen molar-refractivity contribution in [1.29, 1.82) is 0 Å². The Labute approximate surface area is 97.2 Å². The Balaban J connectivity index is 1.83. The predicted octanol–water partition coefficient (Wildman–Crippen LogP) is 0.735. The number of carbonyl (C=O) groups excluding carboxylic acids is 1. The van der Waals surface area contributed by atoms with Gasteiger partial charge in [0.1, 0.15) is 10.8 Å². The average Bonchev–Trinajstić information content (AvgIpc) is 2.88. The van der Waals surface area contributed by atoms with Crippen molar-refractivity contribution in [2.24, 2.45) is 7.05 Å². The molecule has 1 N–H and O–H groups in total. The maximum Gasteiger partial charge on any atom is 0.227 e. The summed E-state index contributed by atoms with van der Waals surface area (Å²) in [5.74, 6) is 0.723. The Hall–Kier alpha value is -1.69. The molecule has 0 bridgehead atoms. The van der Waals surface area contributed by atoms with Crippen LogP contribution >= 0.6 is 11.3 Å². The minimum atomic E-state index is -0.0375. The summed E-state index contributed by atoms with van der Waals surface area (Å²) in [7, 11) is 1.87. The van der Waals surface area contributed by atoms with E-state index in [0.29, 0.717) is 13.0 Å². The number of amides is 1. The molecular formula is C10H12N4OS. The standard InChI is InChI=1S/C10H12N4OS/c1-14-4-2-11-8(14)6-9(15)13-7-10-12-3-5-16-10/h2-5H,6-7H2,1H3,(H,13,15). The normalized spacial score (nSPS) is 10.3. The molecule has 1 amide bonds. The van der Waals surface area contributed by atoms with Crippen molar-refractivity contribution in [2.75, 3.05) is 0 Å². The Morgan fingerprint density at radius 2 is 2.38 bits per heavy atom. The Bertz CT molecular complexity index is 463. The molecule has 2 rings (SSSR count). The molecular weight excluding hydrogens is 224 g/mol. The lowest BCUT2D eigenvalue weighted by Gasteiger charge is -2.03. The van der Waals surface area contributed by atoms with E-state index in [1.165, 1.54) is 11.3 Å². The second kappa shape index (κ2) is 4.89. The van der Waals surface area contributed by atoms with Crippen LogP contribution in [0, 0.1) is 0 Å². The van der Waals surface area contributed by atoms with Gasteiger partial charge in [-0.05, 0) is 0 Å². The monoisotopic (exact) mass is 236 g/mol. The molecule has 2 aromatic heterocycles. The second-order valence-corrected chi connectivity index (χ2v) is 4.31. The summed E-state index contributed by atoms with van der Waals surface area (Å²) in [5, 5.41) is 5.61. The fourth-order valence-electron chi connectivity index (χ4n) is 1.29. The number of aromatic nitrogens is 3. The van der Waals surface area contributed by atoms with Crippen LogP contribution in [-0.4, -0.2) is 20.4 Å². The minimum absolute atomic E-state index is 0.0375. The molecule has 0 spiro atoms. The van der Waals surface area contributed by atoms with Crippen LogP contribution in [0.5, 0.6) is 0 Å². The molecule has 2 aromatic rings. The molecule has 5 nitrogen and oxygen atoms in total. The molecule has 16 heavy (non-hydrogen) atoms. The summed E-state index contributed by atoms with van der Waals surface area (Å²) < 4.78 is 1.84. The summed E-state index contributed by atoms with van der Waals surface area (Å²) in [4.78, 5) is 19.7. The van der Waals surface area contributed by atoms with Crippen LogP contribution < -0.4 is 5.32 Å². The first-order valence-electron chi connectivity index (χ1n) is 4.87. The number of rotatable bonds is 4. The zero-order chi connectivity index (χ0) is 11.4. The number of imidazole rings is 1. The van der Waals surface area contributed by atoms with E-state index in [4.69, 9.17) is 0 Å². The fraction of sp³-hybridized carbons (Fsp3) is 0.300. The summed E-state index contributed by atoms with van der Waals surface area (Å²) in [5.41, 5.74) is 0. The zero-order valence-corrected chi connectivity index (χ0v) is 9.70. The molecule has 2 heterocycles. The van der Waals surface area contributed by atoms with Gasteiger partial charge in [0.05, 0.1) is 13.0 Å². The molecule has 0 fully saturated rings. The van der Waals surface area contributed by atoms with Gasteiger partial charge in [0.15, 0.2) is 0 Å². The lowest BCUT2D eigenvalue weighted by Crippen LogP contribution is -2.25. The van der Waals surface area contributed by atoms with Crippen LogP contribution in [0.4, 0.5) is 0 Å². The molecule has 0 atom stereocenters. The van der Waals surface area contributed by atoms with Crippen molar-refractivity contribution in [3.63, 3.8) is 0 Å². The highest BCUT2D eigenvalue weighted by atomic mass is 32.1. The summed E-state index contributed by atoms with van der Waals surface area (Å²) in [6.07, 6.45) is 5.53. The molecule has 6 heteroatoms. The summed E-state index contributed by atoms with van der Waals surface area (Å²) in [6.45, 7) is 0.487. The summed E-state index contributed by atoms with van der Waals surface area (Å²) >= 11 is 1.53. The molecule has 0 unspecified atom stereocenters. The van der Waals surface area contributed by atoms with Crippen LogP contribution in [0.2, 0.25) is 0 Å². The van der Waals surface area contributed by atoms with Crippen LogP contribution in [0.1, 0.15) is 10.8 Å². The third-order valence-electron chi connectivity index (χ3n) is 2.16. The Morgan fingerprint density at radius 3 is 3.00 bits per heavy atom. The van der Waals surface area contributed by atoms with Crippen molar-refractivity contribution in [3.8, 4) is 0 Å². The maximum absolute atomic E-state index is 11.6. The van der Waals surface area contributed by atoms with E-state index in [-0.39, 0.29) is 5.91 Å². The van der Waals surface area contributed by atoms with Crippen molar-refractivity contribution in [2.45, 2.75) is 13.0 Å². The quantitative estimate of drug-likeness (QED) is 0.851. The highest BCUT2D eigenvalue weighted by molar-refractivity contribution is 7.09. The van der Waals surface area contributed by atoms with E-state index < -0.39 is 0 Å². The largest absolute Gasteiger partial charge is 0.349 e. The van der Waals surface area contributed by atoms with Crippen LogP contribution in [0.3, 0.4) is 0 Å². The molecule has 0 saturated heterocycles. The van der Waals surface area contributed by atoms with Gasteiger partial charge >= 0.3 is 0 Å². The van der Waals surface area contributed by atoms with Gasteiger partial charge in [-0.2, -0.15) is 0 Å². The van der Waals surface area contributed by atoms with Crippen molar-refractivity contribution in [1.82, 2.24) is 19.9 Å². The molecule has 0 aliphatic carbocycles. The molecule has 0 radical (unpaired) electrons. The van der Waals surface area contributed by atoms with Crippen LogP contribution in [-0.2, 0) is 24.8 Å². The van der Waals surface area contributed by atoms with E-state index in [1.54, 1.807) is 12.4 Å². The van der Waals surface area contributed by atoms with Gasteiger partial charge in [-0.25, -0.2) is 9.97 Å². The van der Waals surface area contributed by atoms with E-state index in [2.05, 4.69) is 15.3 Å². The molecule has 0 saturated carbocycles. The lowest BCUT2D eigenvalue weighted by atomic mass is 10.4. The number of thiazole rings is 1. The number of hydrogen-bond donors (Lipinski definition) is 1. The first kappa shape index (κ1) is 10.8. The summed E-state index contributed by atoms with van der Waals surface area (Å²) in [6, 6.07) is 0. The highest BCUT2D eigenvalue weighted by Gasteiger charge is 2.07. The molecule has 0 aliphatic rings. The zero-order valence-electron chi connectivity index (χ0n) is 8.88. The average molecular weight is 236 g/mol. The second-order valence-electron chi connectivity index (χ2n) is 3.33. The van der Waals surface area contributed by atoms with Crippen molar-refractivity contribution < 1.29 is 4.79 Å². The van der Waals surface area contributed by atoms with Gasteiger partial charge in [-0.1, -0.05) is 0 Å². The third kappa shape index (κ3) is 2.66. The number of nitrogens with one attached hydrogen (secondary N) is 1. The molecule has 84 valence electrons. The van der Waals surface area contributed by atoms with Crippen molar-refractivity contribution >= 4 is 17.2 Å². The topological polar surface area (TPSA) is 59.8 Å². The maximum atomic E-state index is 11.6. The molecule has 0 aliphatic heterocycles. The predicted molar refractivity (Wildman–Crippen MR) is 60.9 cm³/mol. The Kier molecular flexibility index (Phi) is 3.31. The van der Waals surface area contributed by atoms with E-state index in [9.17, 15) is 4.79 Å². The minimum Gasteiger partial charge on any atom is -0.349 e. The smallest absolute Gasteiger partial charge is 0.227 e. The number of nitrogens with zero attached hydrogens (tertiary/aromatic N) is 3. The number of aryl methyl sites for hydroxylation is 1. The third-order valence-corrected chi connectivity index (χ3v) is 2.94. The highest BCUT2D eigenvalue weighted by Crippen LogP contribution is 2.03. The number of hydrogen-bond acceptors (Lipinski definition) is 4. The van der Waals surface area contributed by atoms with Crippen LogP contribution in [0.15, 0.2) is 24.0 Å². The van der Waals surface area contributed by atoms with E-state index in [0.717, 1.165) is 10.8 Å². The molecule has 0 aromatic carbocycles. The first-order chi connectivity index (χ1) is 7.75. The van der Waals surface area contributed by atoms with Crippen molar-refractivity contribution in [3.05, 3.63) is 34.8 Å². The number of carbonyl (C=O) groups is 1. The van der Waals surface area contributed by atoms with Gasteiger partial charge in [0, 0.05) is 31.0 Å². The van der Waals surface area contributed by atoms with Crippen LogP contribution in [0.25, 0.3) is 0 Å². The first-order valence-corrected chi connectivity index (χ1v) is 5.75. The SMILES string of the molecule is Cn1ccnc1CC(=O)NCc1nccs1. The van der Waals surface area contributed by atoms with Gasteiger partial charge in [0.25, 0.3) is 0 Å². The lowest BCUT2D eigenvalue weighted by molar-refractivity contribution is -0.120. The fourth-order valence-corrected chi connectivity index (χ4v) is 1.84.